The minimum Gasteiger partial charge on any atom is -0.359 e. The molecular formula is C11H20N2O2. The summed E-state index contributed by atoms with van der Waals surface area (Å²) in [5, 5.41) is 2.67. The van der Waals surface area contributed by atoms with Crippen molar-refractivity contribution in [1.29, 1.82) is 0 Å². The van der Waals surface area contributed by atoms with Gasteiger partial charge in [-0.2, -0.15) is 0 Å². The Hall–Kier alpha value is -0.900. The molecule has 0 bridgehead atoms. The normalized spacial score (nSPS) is 22.4. The molecule has 86 valence electrons. The first-order chi connectivity index (χ1) is 7.17. The Labute approximate surface area is 91.0 Å². The molecule has 1 fully saturated rings. The Morgan fingerprint density at radius 3 is 2.80 bits per heavy atom. The van der Waals surface area contributed by atoms with Crippen LogP contribution in [-0.2, 0) is 9.59 Å². The molecule has 0 aromatic rings. The monoisotopic (exact) mass is 212 g/mol. The maximum Gasteiger partial charge on any atom is 0.224 e. The summed E-state index contributed by atoms with van der Waals surface area (Å²) in [7, 11) is 1.67. The third kappa shape index (κ3) is 3.63. The average molecular weight is 212 g/mol. The number of hydrogen-bond donors (Lipinski definition) is 1. The lowest BCUT2D eigenvalue weighted by molar-refractivity contribution is -0.127. The average Bonchev–Trinajstić information content (AvgIpc) is 2.28. The fraction of sp³-hybridized carbons (Fsp3) is 0.818. The molecule has 0 aromatic heterocycles. The highest BCUT2D eigenvalue weighted by atomic mass is 16.2. The third-order valence-electron chi connectivity index (χ3n) is 2.92. The van der Waals surface area contributed by atoms with E-state index in [1.165, 1.54) is 0 Å². The topological polar surface area (TPSA) is 49.4 Å². The Bertz CT molecular complexity index is 241. The first kappa shape index (κ1) is 12.2. The second-order valence-electron chi connectivity index (χ2n) is 4.08. The molecule has 0 aromatic carbocycles. The van der Waals surface area contributed by atoms with Gasteiger partial charge >= 0.3 is 0 Å². The number of nitrogens with zero attached hydrogens (tertiary/aromatic N) is 1. The molecule has 1 aliphatic heterocycles. The van der Waals surface area contributed by atoms with Crippen LogP contribution in [0.3, 0.4) is 0 Å². The zero-order chi connectivity index (χ0) is 11.3. The molecule has 1 rings (SSSR count). The SMILES string of the molecule is CCC(=O)CN1CCCC(C(=O)NC)C1. The number of likely N-dealkylation sites (tertiary alicyclic amines) is 1. The number of hydrogen-bond acceptors (Lipinski definition) is 3. The molecule has 4 nitrogen and oxygen atoms in total. The molecule has 1 N–H and O–H groups in total. The molecule has 0 aliphatic carbocycles. The van der Waals surface area contributed by atoms with E-state index in [2.05, 4.69) is 10.2 Å². The zero-order valence-corrected chi connectivity index (χ0v) is 9.58. The van der Waals surface area contributed by atoms with Gasteiger partial charge in [0.25, 0.3) is 0 Å². The number of carbonyl (C=O) groups excluding carboxylic acids is 2. The lowest BCUT2D eigenvalue weighted by atomic mass is 9.97. The van der Waals surface area contributed by atoms with Crippen molar-refractivity contribution in [2.24, 2.45) is 5.92 Å². The van der Waals surface area contributed by atoms with Gasteiger partial charge in [0.2, 0.25) is 5.91 Å². The van der Waals surface area contributed by atoms with Crippen LogP contribution < -0.4 is 5.32 Å². The van der Waals surface area contributed by atoms with Crippen LogP contribution in [0.15, 0.2) is 0 Å². The summed E-state index contributed by atoms with van der Waals surface area (Å²) in [6.07, 6.45) is 2.53. The highest BCUT2D eigenvalue weighted by molar-refractivity contribution is 5.81. The van der Waals surface area contributed by atoms with Crippen LogP contribution >= 0.6 is 0 Å². The lowest BCUT2D eigenvalue weighted by Crippen LogP contribution is -2.43. The summed E-state index contributed by atoms with van der Waals surface area (Å²) in [6, 6.07) is 0. The Morgan fingerprint density at radius 1 is 1.47 bits per heavy atom. The minimum atomic E-state index is 0.0633. The van der Waals surface area contributed by atoms with Crippen molar-refractivity contribution < 1.29 is 9.59 Å². The van der Waals surface area contributed by atoms with Crippen molar-refractivity contribution in [3.05, 3.63) is 0 Å². The van der Waals surface area contributed by atoms with E-state index in [-0.39, 0.29) is 17.6 Å². The van der Waals surface area contributed by atoms with E-state index < -0.39 is 0 Å². The molecule has 1 heterocycles. The van der Waals surface area contributed by atoms with Gasteiger partial charge in [0.1, 0.15) is 5.78 Å². The predicted molar refractivity (Wildman–Crippen MR) is 58.5 cm³/mol. The molecule has 4 heteroatoms. The predicted octanol–water partition coefficient (Wildman–Crippen LogP) is 0.424. The quantitative estimate of drug-likeness (QED) is 0.735. The maximum absolute atomic E-state index is 11.4. The van der Waals surface area contributed by atoms with Crippen LogP contribution in [0.2, 0.25) is 0 Å². The van der Waals surface area contributed by atoms with Crippen LogP contribution in [0.25, 0.3) is 0 Å². The summed E-state index contributed by atoms with van der Waals surface area (Å²) in [5.41, 5.74) is 0. The number of carbonyl (C=O) groups is 2. The van der Waals surface area contributed by atoms with Crippen molar-refractivity contribution in [3.63, 3.8) is 0 Å². The van der Waals surface area contributed by atoms with Gasteiger partial charge in [-0.1, -0.05) is 6.92 Å². The van der Waals surface area contributed by atoms with Gasteiger partial charge < -0.3 is 5.32 Å². The molecule has 1 saturated heterocycles. The van der Waals surface area contributed by atoms with Crippen LogP contribution in [0.5, 0.6) is 0 Å². The highest BCUT2D eigenvalue weighted by Crippen LogP contribution is 2.16. The van der Waals surface area contributed by atoms with Gasteiger partial charge in [-0.3, -0.25) is 14.5 Å². The van der Waals surface area contributed by atoms with Crippen LogP contribution in [0, 0.1) is 5.92 Å². The van der Waals surface area contributed by atoms with Crippen molar-refractivity contribution >= 4 is 11.7 Å². The fourth-order valence-corrected chi connectivity index (χ4v) is 1.98. The summed E-state index contributed by atoms with van der Waals surface area (Å²) in [4.78, 5) is 24.8. The Kier molecular flexibility index (Phi) is 4.75. The highest BCUT2D eigenvalue weighted by Gasteiger charge is 2.25. The van der Waals surface area contributed by atoms with Gasteiger partial charge in [-0.05, 0) is 19.4 Å². The second kappa shape index (κ2) is 5.85. The molecule has 1 amide bonds. The van der Waals surface area contributed by atoms with Crippen molar-refractivity contribution in [2.45, 2.75) is 26.2 Å². The number of rotatable bonds is 4. The van der Waals surface area contributed by atoms with E-state index in [9.17, 15) is 9.59 Å². The number of Topliss-reactive ketones (excluding diaryl/α,β-unsaturated/α-hetero) is 1. The van der Waals surface area contributed by atoms with E-state index >= 15 is 0 Å². The second-order valence-corrected chi connectivity index (χ2v) is 4.08. The number of amides is 1. The summed E-state index contributed by atoms with van der Waals surface area (Å²) < 4.78 is 0. The van der Waals surface area contributed by atoms with E-state index in [0.717, 1.165) is 25.9 Å². The van der Waals surface area contributed by atoms with Crippen LogP contribution in [0.1, 0.15) is 26.2 Å². The van der Waals surface area contributed by atoms with Crippen molar-refractivity contribution in [3.8, 4) is 0 Å². The summed E-state index contributed by atoms with van der Waals surface area (Å²) in [5.74, 6) is 0.421. The molecule has 0 saturated carbocycles. The van der Waals surface area contributed by atoms with E-state index in [1.807, 2.05) is 6.92 Å². The van der Waals surface area contributed by atoms with Crippen LogP contribution in [-0.4, -0.2) is 43.3 Å². The Morgan fingerprint density at radius 2 is 2.20 bits per heavy atom. The van der Waals surface area contributed by atoms with E-state index in [0.29, 0.717) is 13.0 Å². The minimum absolute atomic E-state index is 0.0633. The van der Waals surface area contributed by atoms with Crippen LogP contribution in [0.4, 0.5) is 0 Å². The van der Waals surface area contributed by atoms with Crippen molar-refractivity contribution in [2.75, 3.05) is 26.7 Å². The number of piperidine rings is 1. The van der Waals surface area contributed by atoms with Gasteiger partial charge in [0.15, 0.2) is 0 Å². The van der Waals surface area contributed by atoms with Gasteiger partial charge in [-0.15, -0.1) is 0 Å². The molecule has 0 spiro atoms. The molecule has 1 aliphatic rings. The standard InChI is InChI=1S/C11H20N2O2/c1-3-10(14)8-13-6-4-5-9(7-13)11(15)12-2/h9H,3-8H2,1-2H3,(H,12,15). The van der Waals surface area contributed by atoms with Gasteiger partial charge in [-0.25, -0.2) is 0 Å². The molecule has 1 unspecified atom stereocenters. The van der Waals surface area contributed by atoms with Gasteiger partial charge in [0.05, 0.1) is 12.5 Å². The first-order valence-electron chi connectivity index (χ1n) is 5.63. The van der Waals surface area contributed by atoms with Crippen molar-refractivity contribution in [1.82, 2.24) is 10.2 Å². The Balaban J connectivity index is 2.42. The molecule has 15 heavy (non-hydrogen) atoms. The largest absolute Gasteiger partial charge is 0.359 e. The summed E-state index contributed by atoms with van der Waals surface area (Å²) >= 11 is 0. The number of nitrogens with one attached hydrogen (secondary N) is 1. The fourth-order valence-electron chi connectivity index (χ4n) is 1.98. The molecule has 0 radical (unpaired) electrons. The van der Waals surface area contributed by atoms with E-state index in [1.54, 1.807) is 7.05 Å². The van der Waals surface area contributed by atoms with E-state index in [4.69, 9.17) is 0 Å². The summed E-state index contributed by atoms with van der Waals surface area (Å²) in [6.45, 7) is 4.05. The zero-order valence-electron chi connectivity index (χ0n) is 9.58. The maximum atomic E-state index is 11.4. The first-order valence-corrected chi connectivity index (χ1v) is 5.63. The lowest BCUT2D eigenvalue weighted by Gasteiger charge is -2.31. The smallest absolute Gasteiger partial charge is 0.224 e. The third-order valence-corrected chi connectivity index (χ3v) is 2.92. The molecular weight excluding hydrogens is 192 g/mol. The number of ketones is 1. The molecule has 1 atom stereocenters. The van der Waals surface area contributed by atoms with Gasteiger partial charge in [0, 0.05) is 20.0 Å².